The molecule has 0 aromatic heterocycles. The first kappa shape index (κ1) is 16.6. The SMILES string of the molecule is CCC1=C(OP(=O)(O)OC2=C(CC)C(CC)C2)CC1CC. The second kappa shape index (κ2) is 6.58. The summed E-state index contributed by atoms with van der Waals surface area (Å²) in [4.78, 5) is 9.97. The van der Waals surface area contributed by atoms with E-state index in [1.807, 2.05) is 0 Å². The molecule has 0 spiro atoms. The molecule has 4 nitrogen and oxygen atoms in total. The molecule has 0 aromatic carbocycles. The van der Waals surface area contributed by atoms with Crippen LogP contribution in [-0.2, 0) is 13.6 Å². The third-order valence-electron chi connectivity index (χ3n) is 4.76. The van der Waals surface area contributed by atoms with Gasteiger partial charge in [0.15, 0.2) is 0 Å². The lowest BCUT2D eigenvalue weighted by molar-refractivity contribution is 0.173. The van der Waals surface area contributed by atoms with Crippen molar-refractivity contribution in [2.45, 2.75) is 66.2 Å². The third kappa shape index (κ3) is 3.37. The van der Waals surface area contributed by atoms with Crippen LogP contribution in [0.3, 0.4) is 0 Å². The van der Waals surface area contributed by atoms with Gasteiger partial charge < -0.3 is 9.05 Å². The summed E-state index contributed by atoms with van der Waals surface area (Å²) in [5.74, 6) is 2.34. The predicted octanol–water partition coefficient (Wildman–Crippen LogP) is 5.31. The van der Waals surface area contributed by atoms with Crippen molar-refractivity contribution in [2.24, 2.45) is 11.8 Å². The molecular weight excluding hydrogens is 287 g/mol. The number of allylic oxidation sites excluding steroid dienone is 4. The summed E-state index contributed by atoms with van der Waals surface area (Å²) in [7, 11) is -4.03. The number of phosphoric ester groups is 1. The summed E-state index contributed by atoms with van der Waals surface area (Å²) in [5, 5.41) is 0. The van der Waals surface area contributed by atoms with Crippen molar-refractivity contribution in [2.75, 3.05) is 0 Å². The molecule has 0 aromatic rings. The molecule has 0 saturated heterocycles. The van der Waals surface area contributed by atoms with Gasteiger partial charge in [0.05, 0.1) is 0 Å². The van der Waals surface area contributed by atoms with E-state index in [2.05, 4.69) is 27.7 Å². The zero-order valence-corrected chi connectivity index (χ0v) is 14.4. The van der Waals surface area contributed by atoms with E-state index in [0.29, 0.717) is 23.4 Å². The highest BCUT2D eigenvalue weighted by molar-refractivity contribution is 7.47. The Kier molecular flexibility index (Phi) is 5.21. The first-order chi connectivity index (χ1) is 9.95. The van der Waals surface area contributed by atoms with E-state index >= 15 is 0 Å². The summed E-state index contributed by atoms with van der Waals surface area (Å²) >= 11 is 0. The molecule has 0 amide bonds. The average molecular weight is 314 g/mol. The van der Waals surface area contributed by atoms with E-state index in [1.54, 1.807) is 0 Å². The molecule has 2 aliphatic carbocycles. The number of hydrogen-bond acceptors (Lipinski definition) is 3. The second-order valence-corrected chi connectivity index (χ2v) is 7.18. The van der Waals surface area contributed by atoms with Gasteiger partial charge in [0.1, 0.15) is 11.5 Å². The van der Waals surface area contributed by atoms with Gasteiger partial charge in [0.2, 0.25) is 0 Å². The lowest BCUT2D eigenvalue weighted by atomic mass is 9.79. The smallest absolute Gasteiger partial charge is 0.400 e. The monoisotopic (exact) mass is 314 g/mol. The van der Waals surface area contributed by atoms with Gasteiger partial charge in [-0.25, -0.2) is 4.57 Å². The van der Waals surface area contributed by atoms with Crippen molar-refractivity contribution >= 4 is 7.82 Å². The van der Waals surface area contributed by atoms with Crippen LogP contribution >= 0.6 is 7.82 Å². The largest absolute Gasteiger partial charge is 0.584 e. The first-order valence-corrected chi connectivity index (χ1v) is 9.60. The molecule has 0 bridgehead atoms. The summed E-state index contributed by atoms with van der Waals surface area (Å²) in [5.41, 5.74) is 2.33. The number of phosphoric acid groups is 1. The highest BCUT2D eigenvalue weighted by atomic mass is 31.2. The Bertz CT molecular complexity index is 464. The van der Waals surface area contributed by atoms with Gasteiger partial charge in [-0.15, -0.1) is 0 Å². The van der Waals surface area contributed by atoms with E-state index in [0.717, 1.165) is 38.5 Å². The lowest BCUT2D eigenvalue weighted by Gasteiger charge is -2.35. The minimum absolute atomic E-state index is 0.503. The summed E-state index contributed by atoms with van der Waals surface area (Å²) in [6.45, 7) is 8.37. The molecule has 2 atom stereocenters. The quantitative estimate of drug-likeness (QED) is 0.617. The molecular formula is C16H27O4P. The van der Waals surface area contributed by atoms with Crippen LogP contribution in [0, 0.1) is 11.8 Å². The maximum Gasteiger partial charge on any atom is 0.584 e. The normalized spacial score (nSPS) is 27.9. The van der Waals surface area contributed by atoms with Gasteiger partial charge in [-0.3, -0.25) is 4.89 Å². The summed E-state index contributed by atoms with van der Waals surface area (Å²) in [6.07, 6.45) is 5.35. The molecule has 5 heteroatoms. The molecule has 2 aliphatic rings. The van der Waals surface area contributed by atoms with Gasteiger partial charge in [-0.05, 0) is 48.7 Å². The average Bonchev–Trinajstić information content (AvgIpc) is 2.39. The van der Waals surface area contributed by atoms with Crippen LogP contribution in [0.5, 0.6) is 0 Å². The van der Waals surface area contributed by atoms with Crippen molar-refractivity contribution in [3.63, 3.8) is 0 Å². The Hall–Kier alpha value is -0.730. The van der Waals surface area contributed by atoms with Crippen LogP contribution in [0.25, 0.3) is 0 Å². The molecule has 0 saturated carbocycles. The van der Waals surface area contributed by atoms with E-state index in [-0.39, 0.29) is 0 Å². The van der Waals surface area contributed by atoms with Crippen molar-refractivity contribution in [1.29, 1.82) is 0 Å². The Labute approximate surface area is 127 Å². The minimum Gasteiger partial charge on any atom is -0.400 e. The molecule has 0 radical (unpaired) electrons. The van der Waals surface area contributed by atoms with Crippen LogP contribution in [0.15, 0.2) is 22.7 Å². The van der Waals surface area contributed by atoms with Gasteiger partial charge in [-0.1, -0.05) is 27.7 Å². The fraction of sp³-hybridized carbons (Fsp3) is 0.750. The molecule has 120 valence electrons. The molecule has 0 heterocycles. The maximum atomic E-state index is 12.2. The highest BCUT2D eigenvalue weighted by Gasteiger charge is 2.38. The Morgan fingerprint density at radius 2 is 1.33 bits per heavy atom. The Balaban J connectivity index is 2.02. The van der Waals surface area contributed by atoms with Crippen molar-refractivity contribution in [3.8, 4) is 0 Å². The van der Waals surface area contributed by atoms with Crippen molar-refractivity contribution < 1.29 is 18.5 Å². The Morgan fingerprint density at radius 3 is 1.62 bits per heavy atom. The third-order valence-corrected chi connectivity index (χ3v) is 5.67. The minimum atomic E-state index is -4.03. The van der Waals surface area contributed by atoms with Crippen LogP contribution < -0.4 is 0 Å². The fourth-order valence-electron chi connectivity index (χ4n) is 3.39. The fourth-order valence-corrected chi connectivity index (χ4v) is 4.37. The molecule has 21 heavy (non-hydrogen) atoms. The first-order valence-electron chi connectivity index (χ1n) is 8.11. The molecule has 0 fully saturated rings. The van der Waals surface area contributed by atoms with Crippen LogP contribution in [0.4, 0.5) is 0 Å². The molecule has 2 rings (SSSR count). The summed E-state index contributed by atoms with van der Waals surface area (Å²) < 4.78 is 22.8. The van der Waals surface area contributed by atoms with E-state index in [9.17, 15) is 9.46 Å². The van der Waals surface area contributed by atoms with E-state index in [1.165, 1.54) is 11.1 Å². The van der Waals surface area contributed by atoms with Crippen molar-refractivity contribution in [1.82, 2.24) is 0 Å². The molecule has 1 N–H and O–H groups in total. The standard InChI is InChI=1S/C16H27O4P/c1-5-11-9-15(13(11)7-3)19-21(17,18)20-16-10-12(6-2)14(16)8-4/h11-12H,5-10H2,1-4H3,(H,17,18). The van der Waals surface area contributed by atoms with Crippen LogP contribution in [-0.4, -0.2) is 4.89 Å². The van der Waals surface area contributed by atoms with Crippen molar-refractivity contribution in [3.05, 3.63) is 22.7 Å². The highest BCUT2D eigenvalue weighted by Crippen LogP contribution is 2.56. The predicted molar refractivity (Wildman–Crippen MR) is 83.4 cm³/mol. The van der Waals surface area contributed by atoms with Gasteiger partial charge in [0.25, 0.3) is 0 Å². The van der Waals surface area contributed by atoms with E-state index in [4.69, 9.17) is 9.05 Å². The second-order valence-electron chi connectivity index (χ2n) is 5.87. The van der Waals surface area contributed by atoms with Gasteiger partial charge in [0, 0.05) is 12.8 Å². The Morgan fingerprint density at radius 1 is 0.952 bits per heavy atom. The zero-order chi connectivity index (χ0) is 15.6. The lowest BCUT2D eigenvalue weighted by Crippen LogP contribution is -2.21. The van der Waals surface area contributed by atoms with Crippen LogP contribution in [0.1, 0.15) is 66.2 Å². The molecule has 0 aliphatic heterocycles. The number of hydrogen-bond donors (Lipinski definition) is 1. The number of rotatable bonds is 8. The van der Waals surface area contributed by atoms with E-state index < -0.39 is 7.82 Å². The maximum absolute atomic E-state index is 12.2. The van der Waals surface area contributed by atoms with Gasteiger partial charge in [-0.2, -0.15) is 0 Å². The van der Waals surface area contributed by atoms with Crippen LogP contribution in [0.2, 0.25) is 0 Å². The molecule has 2 unspecified atom stereocenters. The van der Waals surface area contributed by atoms with Gasteiger partial charge >= 0.3 is 7.82 Å². The summed E-state index contributed by atoms with van der Waals surface area (Å²) in [6, 6.07) is 0. The topological polar surface area (TPSA) is 55.8 Å². The zero-order valence-electron chi connectivity index (χ0n) is 13.5.